The monoisotopic (exact) mass is 306 g/mol. The second-order valence-electron chi connectivity index (χ2n) is 4.33. The van der Waals surface area contributed by atoms with E-state index in [1.165, 1.54) is 11.8 Å². The van der Waals surface area contributed by atoms with Crippen molar-refractivity contribution < 1.29 is 4.79 Å². The fraction of sp³-hybridized carbons (Fsp3) is 0.133. The Labute approximate surface area is 127 Å². The maximum Gasteiger partial charge on any atom is 0.234 e. The number of anilines is 2. The van der Waals surface area contributed by atoms with Crippen molar-refractivity contribution in [3.8, 4) is 0 Å². The van der Waals surface area contributed by atoms with Crippen molar-refractivity contribution in [2.24, 2.45) is 0 Å². The summed E-state index contributed by atoms with van der Waals surface area (Å²) in [5, 5.41) is 3.33. The molecule has 2 rings (SSSR count). The van der Waals surface area contributed by atoms with E-state index in [-0.39, 0.29) is 5.91 Å². The maximum atomic E-state index is 11.9. The highest BCUT2D eigenvalue weighted by Gasteiger charge is 2.07. The van der Waals surface area contributed by atoms with Crippen LogP contribution in [0, 0.1) is 6.92 Å². The van der Waals surface area contributed by atoms with Crippen molar-refractivity contribution in [3.63, 3.8) is 0 Å². The maximum absolute atomic E-state index is 11.9. The molecule has 2 aromatic rings. The van der Waals surface area contributed by atoms with Gasteiger partial charge in [-0.15, -0.1) is 11.8 Å². The molecule has 0 heterocycles. The average Bonchev–Trinajstić information content (AvgIpc) is 2.41. The molecule has 0 unspecified atom stereocenters. The van der Waals surface area contributed by atoms with E-state index in [1.807, 2.05) is 31.2 Å². The number of rotatable bonds is 4. The lowest BCUT2D eigenvalue weighted by atomic mass is 10.2. The Morgan fingerprint density at radius 2 is 2.05 bits per heavy atom. The standard InChI is InChI=1S/C15H15ClN2OS/c1-10-4-2-3-5-14(10)20-9-15(19)18-13-7-6-11(16)8-12(13)17/h2-8H,9,17H2,1H3,(H,18,19). The number of aryl methyl sites for hydroxylation is 1. The molecular formula is C15H15ClN2OS. The third-order valence-electron chi connectivity index (χ3n) is 2.74. The Morgan fingerprint density at radius 3 is 2.75 bits per heavy atom. The Morgan fingerprint density at radius 1 is 1.30 bits per heavy atom. The lowest BCUT2D eigenvalue weighted by Gasteiger charge is -2.09. The van der Waals surface area contributed by atoms with E-state index in [2.05, 4.69) is 5.32 Å². The van der Waals surface area contributed by atoms with Crippen molar-refractivity contribution in [3.05, 3.63) is 53.1 Å². The zero-order valence-corrected chi connectivity index (χ0v) is 12.6. The highest BCUT2D eigenvalue weighted by atomic mass is 35.5. The molecule has 0 saturated heterocycles. The number of hydrogen-bond donors (Lipinski definition) is 2. The summed E-state index contributed by atoms with van der Waals surface area (Å²) in [4.78, 5) is 13.0. The molecule has 0 aliphatic heterocycles. The SMILES string of the molecule is Cc1ccccc1SCC(=O)Nc1ccc(Cl)cc1N. The zero-order valence-electron chi connectivity index (χ0n) is 11.0. The van der Waals surface area contributed by atoms with Gasteiger partial charge in [0.15, 0.2) is 0 Å². The minimum Gasteiger partial charge on any atom is -0.397 e. The predicted octanol–water partition coefficient (Wildman–Crippen LogP) is 3.96. The van der Waals surface area contributed by atoms with Gasteiger partial charge in [0.25, 0.3) is 0 Å². The second kappa shape index (κ2) is 6.68. The molecule has 0 fully saturated rings. The minimum absolute atomic E-state index is 0.0905. The van der Waals surface area contributed by atoms with Gasteiger partial charge in [-0.05, 0) is 36.8 Å². The molecule has 0 spiro atoms. The molecule has 0 radical (unpaired) electrons. The summed E-state index contributed by atoms with van der Waals surface area (Å²) in [6.07, 6.45) is 0. The molecule has 0 aliphatic rings. The Balaban J connectivity index is 1.94. The number of amides is 1. The molecule has 20 heavy (non-hydrogen) atoms. The van der Waals surface area contributed by atoms with E-state index >= 15 is 0 Å². The first kappa shape index (κ1) is 14.8. The molecule has 0 aliphatic carbocycles. The largest absolute Gasteiger partial charge is 0.397 e. The smallest absolute Gasteiger partial charge is 0.234 e. The number of benzene rings is 2. The molecule has 2 aromatic carbocycles. The fourth-order valence-electron chi connectivity index (χ4n) is 1.70. The third-order valence-corrected chi connectivity index (χ3v) is 4.15. The number of nitrogens with two attached hydrogens (primary N) is 1. The van der Waals surface area contributed by atoms with Crippen LogP contribution in [0.5, 0.6) is 0 Å². The van der Waals surface area contributed by atoms with E-state index in [0.717, 1.165) is 10.5 Å². The number of carbonyl (C=O) groups excluding carboxylic acids is 1. The molecule has 5 heteroatoms. The van der Waals surface area contributed by atoms with Crippen molar-refractivity contribution >= 4 is 40.6 Å². The minimum atomic E-state index is -0.0905. The summed E-state index contributed by atoms with van der Waals surface area (Å²) in [6.45, 7) is 2.03. The summed E-state index contributed by atoms with van der Waals surface area (Å²) in [7, 11) is 0. The predicted molar refractivity (Wildman–Crippen MR) is 86.4 cm³/mol. The highest BCUT2D eigenvalue weighted by Crippen LogP contribution is 2.24. The van der Waals surface area contributed by atoms with Crippen molar-refractivity contribution in [1.82, 2.24) is 0 Å². The molecule has 0 bridgehead atoms. The summed E-state index contributed by atoms with van der Waals surface area (Å²) < 4.78 is 0. The number of hydrogen-bond acceptors (Lipinski definition) is 3. The first-order valence-corrected chi connectivity index (χ1v) is 7.46. The van der Waals surface area contributed by atoms with Gasteiger partial charge in [-0.2, -0.15) is 0 Å². The highest BCUT2D eigenvalue weighted by molar-refractivity contribution is 8.00. The summed E-state index contributed by atoms with van der Waals surface area (Å²) in [5.41, 5.74) is 8.01. The molecule has 3 N–H and O–H groups in total. The quantitative estimate of drug-likeness (QED) is 0.664. The summed E-state index contributed by atoms with van der Waals surface area (Å²) in [6, 6.07) is 13.0. The Bertz CT molecular complexity index is 631. The number of nitrogens with one attached hydrogen (secondary N) is 1. The van der Waals surface area contributed by atoms with Crippen LogP contribution >= 0.6 is 23.4 Å². The number of halogens is 1. The number of carbonyl (C=O) groups is 1. The number of nitrogen functional groups attached to an aromatic ring is 1. The van der Waals surface area contributed by atoms with E-state index in [9.17, 15) is 4.79 Å². The number of thioether (sulfide) groups is 1. The van der Waals surface area contributed by atoms with Gasteiger partial charge in [0.2, 0.25) is 5.91 Å². The Kier molecular flexibility index (Phi) is 4.93. The second-order valence-corrected chi connectivity index (χ2v) is 5.79. The van der Waals surface area contributed by atoms with Crippen LogP contribution < -0.4 is 11.1 Å². The van der Waals surface area contributed by atoms with Crippen LogP contribution in [-0.4, -0.2) is 11.7 Å². The van der Waals surface area contributed by atoms with E-state index < -0.39 is 0 Å². The van der Waals surface area contributed by atoms with Crippen molar-refractivity contribution in [2.75, 3.05) is 16.8 Å². The summed E-state index contributed by atoms with van der Waals surface area (Å²) in [5.74, 6) is 0.250. The first-order valence-electron chi connectivity index (χ1n) is 6.09. The van der Waals surface area contributed by atoms with E-state index in [4.69, 9.17) is 17.3 Å². The van der Waals surface area contributed by atoms with Crippen LogP contribution in [0.15, 0.2) is 47.4 Å². The van der Waals surface area contributed by atoms with Crippen LogP contribution in [0.25, 0.3) is 0 Å². The van der Waals surface area contributed by atoms with Crippen LogP contribution in [0.2, 0.25) is 5.02 Å². The molecule has 3 nitrogen and oxygen atoms in total. The third kappa shape index (κ3) is 3.92. The van der Waals surface area contributed by atoms with Crippen LogP contribution in [-0.2, 0) is 4.79 Å². The van der Waals surface area contributed by atoms with Gasteiger partial charge in [-0.25, -0.2) is 0 Å². The summed E-state index contributed by atoms with van der Waals surface area (Å²) >= 11 is 7.32. The molecular weight excluding hydrogens is 292 g/mol. The average molecular weight is 307 g/mol. The molecule has 0 saturated carbocycles. The van der Waals surface area contributed by atoms with Crippen LogP contribution in [0.1, 0.15) is 5.56 Å². The van der Waals surface area contributed by atoms with Crippen molar-refractivity contribution in [2.45, 2.75) is 11.8 Å². The van der Waals surface area contributed by atoms with Gasteiger partial charge < -0.3 is 11.1 Å². The lowest BCUT2D eigenvalue weighted by Crippen LogP contribution is -2.15. The zero-order chi connectivity index (χ0) is 14.5. The molecule has 104 valence electrons. The fourth-order valence-corrected chi connectivity index (χ4v) is 2.71. The molecule has 0 aromatic heterocycles. The van der Waals surface area contributed by atoms with Gasteiger partial charge in [-0.3, -0.25) is 4.79 Å². The Hall–Kier alpha value is -1.65. The van der Waals surface area contributed by atoms with Crippen LogP contribution in [0.4, 0.5) is 11.4 Å². The lowest BCUT2D eigenvalue weighted by molar-refractivity contribution is -0.113. The van der Waals surface area contributed by atoms with Gasteiger partial charge in [0, 0.05) is 9.92 Å². The van der Waals surface area contributed by atoms with Gasteiger partial charge >= 0.3 is 0 Å². The molecule has 0 atom stereocenters. The van der Waals surface area contributed by atoms with Gasteiger partial charge in [-0.1, -0.05) is 29.8 Å². The first-order chi connectivity index (χ1) is 9.56. The van der Waals surface area contributed by atoms with Gasteiger partial charge in [0.1, 0.15) is 0 Å². The van der Waals surface area contributed by atoms with E-state index in [0.29, 0.717) is 22.2 Å². The topological polar surface area (TPSA) is 55.1 Å². The van der Waals surface area contributed by atoms with E-state index in [1.54, 1.807) is 18.2 Å². The normalized spacial score (nSPS) is 10.3. The van der Waals surface area contributed by atoms with Crippen molar-refractivity contribution in [1.29, 1.82) is 0 Å². The molecule has 1 amide bonds. The van der Waals surface area contributed by atoms with Gasteiger partial charge in [0.05, 0.1) is 17.1 Å². The van der Waals surface area contributed by atoms with Crippen LogP contribution in [0.3, 0.4) is 0 Å².